The van der Waals surface area contributed by atoms with Gasteiger partial charge in [-0.25, -0.2) is 0 Å². The highest BCUT2D eigenvalue weighted by Crippen LogP contribution is 2.33. The molecule has 27 heavy (non-hydrogen) atoms. The SMILES string of the molecule is C=C1c2ccccc2C(=O)N1CCC(=O)OCc1ccccc1C(F)(F)F. The lowest BCUT2D eigenvalue weighted by molar-refractivity contribution is -0.147. The van der Waals surface area contributed by atoms with Gasteiger partial charge in [-0.05, 0) is 12.1 Å². The van der Waals surface area contributed by atoms with Crippen molar-refractivity contribution >= 4 is 17.6 Å². The lowest BCUT2D eigenvalue weighted by atomic mass is 10.1. The fraction of sp³-hybridized carbons (Fsp3) is 0.200. The average Bonchev–Trinajstić information content (AvgIpc) is 2.89. The fourth-order valence-electron chi connectivity index (χ4n) is 2.93. The molecule has 0 fully saturated rings. The molecule has 2 aromatic rings. The molecule has 7 heteroatoms. The van der Waals surface area contributed by atoms with Crippen molar-refractivity contribution in [3.8, 4) is 0 Å². The topological polar surface area (TPSA) is 46.6 Å². The number of esters is 1. The van der Waals surface area contributed by atoms with E-state index in [2.05, 4.69) is 6.58 Å². The van der Waals surface area contributed by atoms with Crippen LogP contribution in [0.4, 0.5) is 13.2 Å². The number of fused-ring (bicyclic) bond motifs is 1. The molecule has 0 aromatic heterocycles. The van der Waals surface area contributed by atoms with Crippen molar-refractivity contribution in [1.82, 2.24) is 4.90 Å². The number of hydrogen-bond acceptors (Lipinski definition) is 3. The van der Waals surface area contributed by atoms with Crippen LogP contribution in [0.3, 0.4) is 0 Å². The van der Waals surface area contributed by atoms with Crippen LogP contribution in [0.15, 0.2) is 55.1 Å². The van der Waals surface area contributed by atoms with E-state index >= 15 is 0 Å². The van der Waals surface area contributed by atoms with Crippen LogP contribution in [0.2, 0.25) is 0 Å². The number of carbonyl (C=O) groups excluding carboxylic acids is 2. The second kappa shape index (κ2) is 7.26. The van der Waals surface area contributed by atoms with Crippen LogP contribution in [-0.4, -0.2) is 23.3 Å². The first-order chi connectivity index (χ1) is 12.8. The lowest BCUT2D eigenvalue weighted by Gasteiger charge is -2.17. The van der Waals surface area contributed by atoms with Crippen molar-refractivity contribution < 1.29 is 27.5 Å². The van der Waals surface area contributed by atoms with E-state index in [9.17, 15) is 22.8 Å². The minimum absolute atomic E-state index is 0.0477. The molecule has 0 bridgehead atoms. The molecule has 1 aliphatic rings. The molecule has 0 aliphatic carbocycles. The van der Waals surface area contributed by atoms with Crippen molar-refractivity contribution in [2.45, 2.75) is 19.2 Å². The van der Waals surface area contributed by atoms with Gasteiger partial charge in [-0.2, -0.15) is 13.2 Å². The van der Waals surface area contributed by atoms with Crippen LogP contribution in [0.1, 0.15) is 33.5 Å². The third kappa shape index (κ3) is 3.86. The Bertz CT molecular complexity index is 870. The Morgan fingerprint density at radius 1 is 1.04 bits per heavy atom. The maximum atomic E-state index is 12.9. The number of alkyl halides is 3. The Hall–Kier alpha value is -3.09. The van der Waals surface area contributed by atoms with Crippen LogP contribution >= 0.6 is 0 Å². The van der Waals surface area contributed by atoms with Crippen LogP contribution in [0, 0.1) is 0 Å². The molecule has 4 nitrogen and oxygen atoms in total. The molecule has 0 spiro atoms. The molecular weight excluding hydrogens is 359 g/mol. The highest BCUT2D eigenvalue weighted by atomic mass is 19.4. The first-order valence-corrected chi connectivity index (χ1v) is 8.20. The van der Waals surface area contributed by atoms with Crippen LogP contribution in [-0.2, 0) is 22.3 Å². The van der Waals surface area contributed by atoms with Gasteiger partial charge >= 0.3 is 12.1 Å². The number of ether oxygens (including phenoxy) is 1. The molecule has 1 aliphatic heterocycles. The van der Waals surface area contributed by atoms with Gasteiger partial charge in [0.05, 0.1) is 12.0 Å². The second-order valence-corrected chi connectivity index (χ2v) is 6.01. The van der Waals surface area contributed by atoms with E-state index in [1.54, 1.807) is 24.3 Å². The summed E-state index contributed by atoms with van der Waals surface area (Å²) >= 11 is 0. The molecule has 0 saturated heterocycles. The molecule has 0 radical (unpaired) electrons. The molecule has 140 valence electrons. The number of rotatable bonds is 5. The fourth-order valence-corrected chi connectivity index (χ4v) is 2.93. The normalized spacial score (nSPS) is 13.7. The van der Waals surface area contributed by atoms with E-state index in [0.29, 0.717) is 16.8 Å². The number of nitrogens with zero attached hydrogens (tertiary/aromatic N) is 1. The minimum Gasteiger partial charge on any atom is -0.461 e. The summed E-state index contributed by atoms with van der Waals surface area (Å²) in [7, 11) is 0. The monoisotopic (exact) mass is 375 g/mol. The minimum atomic E-state index is -4.52. The summed E-state index contributed by atoms with van der Waals surface area (Å²) in [4.78, 5) is 25.7. The molecule has 0 unspecified atom stereocenters. The maximum absolute atomic E-state index is 12.9. The van der Waals surface area contributed by atoms with E-state index in [1.165, 1.54) is 23.1 Å². The molecule has 1 heterocycles. The second-order valence-electron chi connectivity index (χ2n) is 6.01. The molecule has 1 amide bonds. The molecule has 0 saturated carbocycles. The number of halogens is 3. The van der Waals surface area contributed by atoms with Gasteiger partial charge in [0.2, 0.25) is 0 Å². The molecule has 0 N–H and O–H groups in total. The Morgan fingerprint density at radius 2 is 1.67 bits per heavy atom. The standard InChI is InChI=1S/C20H16F3NO3/c1-13-15-7-3-4-8-16(15)19(26)24(13)11-10-18(25)27-12-14-6-2-5-9-17(14)20(21,22)23/h2-9H,1,10-12H2. The zero-order valence-corrected chi connectivity index (χ0v) is 14.3. The predicted molar refractivity (Wildman–Crippen MR) is 92.4 cm³/mol. The highest BCUT2D eigenvalue weighted by Gasteiger charge is 2.33. The zero-order chi connectivity index (χ0) is 19.6. The smallest absolute Gasteiger partial charge is 0.416 e. The zero-order valence-electron chi connectivity index (χ0n) is 14.3. The van der Waals surface area contributed by atoms with E-state index in [4.69, 9.17) is 4.74 Å². The van der Waals surface area contributed by atoms with Crippen molar-refractivity contribution in [3.05, 3.63) is 77.4 Å². The number of benzene rings is 2. The van der Waals surface area contributed by atoms with Crippen LogP contribution in [0.5, 0.6) is 0 Å². The van der Waals surface area contributed by atoms with E-state index < -0.39 is 24.3 Å². The van der Waals surface area contributed by atoms with E-state index in [0.717, 1.165) is 6.07 Å². The number of carbonyl (C=O) groups is 2. The van der Waals surface area contributed by atoms with Crippen molar-refractivity contribution in [1.29, 1.82) is 0 Å². The molecule has 3 rings (SSSR count). The van der Waals surface area contributed by atoms with E-state index in [-0.39, 0.29) is 24.4 Å². The van der Waals surface area contributed by atoms with Crippen LogP contribution in [0.25, 0.3) is 5.70 Å². The Morgan fingerprint density at radius 3 is 2.33 bits per heavy atom. The quantitative estimate of drug-likeness (QED) is 0.734. The third-order valence-corrected chi connectivity index (χ3v) is 4.29. The Kier molecular flexibility index (Phi) is 5.03. The van der Waals surface area contributed by atoms with Gasteiger partial charge in [0.25, 0.3) is 5.91 Å². The van der Waals surface area contributed by atoms with Crippen molar-refractivity contribution in [2.75, 3.05) is 6.54 Å². The number of amides is 1. The molecular formula is C20H16F3NO3. The van der Waals surface area contributed by atoms with Gasteiger partial charge in [-0.1, -0.05) is 43.0 Å². The first-order valence-electron chi connectivity index (χ1n) is 8.20. The summed E-state index contributed by atoms with van der Waals surface area (Å²) in [5.74, 6) is -0.950. The molecule has 0 atom stereocenters. The van der Waals surface area contributed by atoms with Gasteiger partial charge in [0.15, 0.2) is 0 Å². The van der Waals surface area contributed by atoms with Gasteiger partial charge in [0.1, 0.15) is 6.61 Å². The number of hydrogen-bond donors (Lipinski definition) is 0. The first kappa shape index (κ1) is 18.7. The van der Waals surface area contributed by atoms with Crippen molar-refractivity contribution in [3.63, 3.8) is 0 Å². The summed E-state index contributed by atoms with van der Waals surface area (Å²) in [6.07, 6.45) is -4.67. The third-order valence-electron chi connectivity index (χ3n) is 4.29. The van der Waals surface area contributed by atoms with Crippen molar-refractivity contribution in [2.24, 2.45) is 0 Å². The average molecular weight is 375 g/mol. The van der Waals surface area contributed by atoms with Gasteiger partial charge in [-0.3, -0.25) is 9.59 Å². The summed E-state index contributed by atoms with van der Waals surface area (Å²) in [6, 6.07) is 11.9. The summed E-state index contributed by atoms with van der Waals surface area (Å²) in [6.45, 7) is 3.43. The predicted octanol–water partition coefficient (Wildman–Crippen LogP) is 4.27. The largest absolute Gasteiger partial charge is 0.461 e. The van der Waals surface area contributed by atoms with Crippen LogP contribution < -0.4 is 0 Å². The summed E-state index contributed by atoms with van der Waals surface area (Å²) in [5, 5.41) is 0. The summed E-state index contributed by atoms with van der Waals surface area (Å²) in [5.41, 5.74) is 0.750. The van der Waals surface area contributed by atoms with Gasteiger partial charge in [0, 0.05) is 28.9 Å². The van der Waals surface area contributed by atoms with Gasteiger partial charge < -0.3 is 9.64 Å². The van der Waals surface area contributed by atoms with E-state index in [1.807, 2.05) is 0 Å². The van der Waals surface area contributed by atoms with Gasteiger partial charge in [-0.15, -0.1) is 0 Å². The highest BCUT2D eigenvalue weighted by molar-refractivity contribution is 6.08. The summed E-state index contributed by atoms with van der Waals surface area (Å²) < 4.78 is 43.8. The maximum Gasteiger partial charge on any atom is 0.416 e. The Labute approximate surface area is 153 Å². The lowest BCUT2D eigenvalue weighted by Crippen LogP contribution is -2.26. The Balaban J connectivity index is 1.58. The molecule has 2 aromatic carbocycles.